The molecular formula is C10H25IN4O2S. The Hall–Kier alpha value is -0.0900. The van der Waals surface area contributed by atoms with E-state index in [4.69, 9.17) is 0 Å². The second-order valence-electron chi connectivity index (χ2n) is 3.44. The van der Waals surface area contributed by atoms with Crippen LogP contribution in [-0.4, -0.2) is 46.3 Å². The van der Waals surface area contributed by atoms with Crippen LogP contribution < -0.4 is 15.4 Å². The molecule has 0 aliphatic carbocycles. The summed E-state index contributed by atoms with van der Waals surface area (Å²) < 4.78 is 24.8. The SMILES string of the molecule is CCNC(=NCCCNS(=O)(=O)CC)NCC.I. The zero-order valence-electron chi connectivity index (χ0n) is 11.3. The molecule has 0 aliphatic heterocycles. The fourth-order valence-electron chi connectivity index (χ4n) is 1.11. The molecule has 0 unspecified atom stereocenters. The highest BCUT2D eigenvalue weighted by Crippen LogP contribution is 1.85. The minimum atomic E-state index is -3.07. The quantitative estimate of drug-likeness (QED) is 0.243. The van der Waals surface area contributed by atoms with Crippen LogP contribution in [-0.2, 0) is 10.0 Å². The van der Waals surface area contributed by atoms with Crippen LogP contribution in [0.5, 0.6) is 0 Å². The topological polar surface area (TPSA) is 82.6 Å². The molecule has 0 aromatic heterocycles. The van der Waals surface area contributed by atoms with Crippen molar-refractivity contribution in [3.05, 3.63) is 0 Å². The smallest absolute Gasteiger partial charge is 0.211 e. The van der Waals surface area contributed by atoms with Crippen molar-refractivity contribution in [3.63, 3.8) is 0 Å². The molecule has 0 aromatic carbocycles. The molecule has 18 heavy (non-hydrogen) atoms. The number of nitrogens with one attached hydrogen (secondary N) is 3. The van der Waals surface area contributed by atoms with Crippen molar-refractivity contribution in [1.82, 2.24) is 15.4 Å². The van der Waals surface area contributed by atoms with E-state index in [0.717, 1.165) is 19.0 Å². The number of guanidine groups is 1. The van der Waals surface area contributed by atoms with E-state index in [-0.39, 0.29) is 29.7 Å². The molecule has 110 valence electrons. The fourth-order valence-corrected chi connectivity index (χ4v) is 1.77. The molecule has 3 N–H and O–H groups in total. The minimum Gasteiger partial charge on any atom is -0.357 e. The molecule has 8 heteroatoms. The maximum atomic E-state index is 11.1. The first kappa shape index (κ1) is 20.2. The van der Waals surface area contributed by atoms with Gasteiger partial charge in [-0.2, -0.15) is 0 Å². The first-order chi connectivity index (χ1) is 8.05. The van der Waals surface area contributed by atoms with E-state index in [2.05, 4.69) is 20.3 Å². The third kappa shape index (κ3) is 11.0. The van der Waals surface area contributed by atoms with Crippen molar-refractivity contribution in [2.45, 2.75) is 27.2 Å². The summed E-state index contributed by atoms with van der Waals surface area (Å²) in [6.45, 7) is 8.29. The van der Waals surface area contributed by atoms with Crippen molar-refractivity contribution in [2.75, 3.05) is 31.9 Å². The average molecular weight is 392 g/mol. The van der Waals surface area contributed by atoms with Gasteiger partial charge in [0.2, 0.25) is 10.0 Å². The third-order valence-corrected chi connectivity index (χ3v) is 3.40. The summed E-state index contributed by atoms with van der Waals surface area (Å²) in [6.07, 6.45) is 0.694. The van der Waals surface area contributed by atoms with Crippen molar-refractivity contribution < 1.29 is 8.42 Å². The number of hydrogen-bond donors (Lipinski definition) is 3. The van der Waals surface area contributed by atoms with Gasteiger partial charge in [-0.3, -0.25) is 4.99 Å². The molecule has 0 aliphatic rings. The molecule has 0 saturated heterocycles. The maximum absolute atomic E-state index is 11.1. The summed E-state index contributed by atoms with van der Waals surface area (Å²) in [5.74, 6) is 0.893. The Morgan fingerprint density at radius 1 is 1.11 bits per heavy atom. The standard InChI is InChI=1S/C10H24N4O2S.HI/c1-4-11-10(12-5-2)13-8-7-9-14-17(15,16)6-3;/h14H,4-9H2,1-3H3,(H2,11,12,13);1H. The molecule has 0 aromatic rings. The van der Waals surface area contributed by atoms with Crippen molar-refractivity contribution in [3.8, 4) is 0 Å². The Balaban J connectivity index is 0. The first-order valence-corrected chi connectivity index (χ1v) is 7.70. The molecule has 0 amide bonds. The Bertz CT molecular complexity index is 312. The molecule has 0 rings (SSSR count). The number of halogens is 1. The predicted molar refractivity (Wildman–Crippen MR) is 87.2 cm³/mol. The molecule has 0 atom stereocenters. The van der Waals surface area contributed by atoms with Crippen LogP contribution in [0.3, 0.4) is 0 Å². The van der Waals surface area contributed by atoms with Crippen molar-refractivity contribution in [2.24, 2.45) is 4.99 Å². The van der Waals surface area contributed by atoms with E-state index >= 15 is 0 Å². The van der Waals surface area contributed by atoms with Gasteiger partial charge < -0.3 is 10.6 Å². The first-order valence-electron chi connectivity index (χ1n) is 6.05. The van der Waals surface area contributed by atoms with E-state index < -0.39 is 10.0 Å². The summed E-state index contributed by atoms with van der Waals surface area (Å²) in [7, 11) is -3.07. The monoisotopic (exact) mass is 392 g/mol. The van der Waals surface area contributed by atoms with Crippen molar-refractivity contribution >= 4 is 40.0 Å². The van der Waals surface area contributed by atoms with Gasteiger partial charge in [0, 0.05) is 26.2 Å². The Kier molecular flexibility index (Phi) is 13.5. The summed E-state index contributed by atoms with van der Waals surface area (Å²) in [6, 6.07) is 0. The van der Waals surface area contributed by atoms with Gasteiger partial charge in [-0.1, -0.05) is 0 Å². The lowest BCUT2D eigenvalue weighted by Gasteiger charge is -2.09. The molecule has 0 radical (unpaired) electrons. The van der Waals surface area contributed by atoms with Crippen LogP contribution >= 0.6 is 24.0 Å². The number of aliphatic imine (C=N–C) groups is 1. The van der Waals surface area contributed by atoms with Gasteiger partial charge >= 0.3 is 0 Å². The average Bonchev–Trinajstić information content (AvgIpc) is 2.29. The van der Waals surface area contributed by atoms with Crippen molar-refractivity contribution in [1.29, 1.82) is 0 Å². The highest BCUT2D eigenvalue weighted by Gasteiger charge is 2.03. The van der Waals surface area contributed by atoms with Crippen LogP contribution in [0.25, 0.3) is 0 Å². The zero-order chi connectivity index (χ0) is 13.1. The van der Waals surface area contributed by atoms with Gasteiger partial charge in [-0.25, -0.2) is 13.1 Å². The lowest BCUT2D eigenvalue weighted by atomic mass is 10.4. The van der Waals surface area contributed by atoms with Gasteiger partial charge in [-0.05, 0) is 27.2 Å². The maximum Gasteiger partial charge on any atom is 0.211 e. The van der Waals surface area contributed by atoms with Crippen LogP contribution in [0.4, 0.5) is 0 Å². The van der Waals surface area contributed by atoms with E-state index in [9.17, 15) is 8.42 Å². The molecule has 6 nitrogen and oxygen atoms in total. The van der Waals surface area contributed by atoms with E-state index in [1.54, 1.807) is 6.92 Å². The summed E-state index contributed by atoms with van der Waals surface area (Å²) in [5.41, 5.74) is 0. The lowest BCUT2D eigenvalue weighted by molar-refractivity contribution is 0.581. The van der Waals surface area contributed by atoms with Crippen LogP contribution in [0.15, 0.2) is 4.99 Å². The second kappa shape index (κ2) is 12.0. The minimum absolute atomic E-state index is 0. The molecule has 0 spiro atoms. The molecule has 0 heterocycles. The second-order valence-corrected chi connectivity index (χ2v) is 5.54. The fraction of sp³-hybridized carbons (Fsp3) is 0.900. The lowest BCUT2D eigenvalue weighted by Crippen LogP contribution is -2.37. The van der Waals surface area contributed by atoms with Gasteiger partial charge in [0.05, 0.1) is 5.75 Å². The normalized spacial score (nSPS) is 10.4. The molecule has 0 saturated carbocycles. The number of hydrogen-bond acceptors (Lipinski definition) is 3. The van der Waals surface area contributed by atoms with Gasteiger partial charge in [0.25, 0.3) is 0 Å². The van der Waals surface area contributed by atoms with Gasteiger partial charge in [-0.15, -0.1) is 24.0 Å². The highest BCUT2D eigenvalue weighted by atomic mass is 127. The summed E-state index contributed by atoms with van der Waals surface area (Å²) in [4.78, 5) is 4.31. The van der Waals surface area contributed by atoms with Crippen LogP contribution in [0, 0.1) is 0 Å². The van der Waals surface area contributed by atoms with Crippen LogP contribution in [0.2, 0.25) is 0 Å². The Morgan fingerprint density at radius 3 is 2.11 bits per heavy atom. The van der Waals surface area contributed by atoms with Gasteiger partial charge in [0.15, 0.2) is 5.96 Å². The molecule has 0 fully saturated rings. The summed E-state index contributed by atoms with van der Waals surface area (Å²) >= 11 is 0. The zero-order valence-corrected chi connectivity index (χ0v) is 14.5. The molecule has 0 bridgehead atoms. The Labute approximate surface area is 127 Å². The van der Waals surface area contributed by atoms with Crippen LogP contribution in [0.1, 0.15) is 27.2 Å². The number of nitrogens with zero attached hydrogens (tertiary/aromatic N) is 1. The van der Waals surface area contributed by atoms with E-state index in [1.807, 2.05) is 13.8 Å². The predicted octanol–water partition coefficient (Wildman–Crippen LogP) is 0.509. The number of sulfonamides is 1. The summed E-state index contributed by atoms with van der Waals surface area (Å²) in [5, 5.41) is 6.20. The van der Waals surface area contributed by atoms with E-state index in [1.165, 1.54) is 0 Å². The highest BCUT2D eigenvalue weighted by molar-refractivity contribution is 14.0. The Morgan fingerprint density at radius 2 is 1.67 bits per heavy atom. The van der Waals surface area contributed by atoms with Gasteiger partial charge in [0.1, 0.15) is 0 Å². The van der Waals surface area contributed by atoms with E-state index in [0.29, 0.717) is 19.5 Å². The third-order valence-electron chi connectivity index (χ3n) is 2.00. The number of rotatable bonds is 8. The molecular weight excluding hydrogens is 367 g/mol. The largest absolute Gasteiger partial charge is 0.357 e.